The Hall–Kier alpha value is -3.03. The minimum atomic E-state index is -0.392. The number of nitrogens with zero attached hydrogens (tertiary/aromatic N) is 1. The smallest absolute Gasteiger partial charge is 0.341 e. The van der Waals surface area contributed by atoms with Gasteiger partial charge in [0.1, 0.15) is 5.00 Å². The van der Waals surface area contributed by atoms with Gasteiger partial charge in [-0.1, -0.05) is 31.5 Å². The first kappa shape index (κ1) is 22.7. The Balaban J connectivity index is 1.57. The van der Waals surface area contributed by atoms with Crippen LogP contribution in [0, 0.1) is 12.8 Å². The van der Waals surface area contributed by atoms with Gasteiger partial charge in [-0.05, 0) is 61.9 Å². The predicted molar refractivity (Wildman–Crippen MR) is 139 cm³/mol. The van der Waals surface area contributed by atoms with E-state index in [2.05, 4.69) is 25.2 Å². The van der Waals surface area contributed by atoms with E-state index in [0.29, 0.717) is 22.0 Å². The molecule has 3 aromatic heterocycles. The summed E-state index contributed by atoms with van der Waals surface area (Å²) in [5.41, 5.74) is 3.62. The zero-order chi connectivity index (χ0) is 23.8. The van der Waals surface area contributed by atoms with Gasteiger partial charge in [0.15, 0.2) is 0 Å². The normalized spacial score (nSPS) is 15.2. The van der Waals surface area contributed by atoms with Gasteiger partial charge in [0.05, 0.1) is 34.3 Å². The number of ether oxygens (including phenoxy) is 1. The molecule has 1 N–H and O–H groups in total. The van der Waals surface area contributed by atoms with Gasteiger partial charge in [0, 0.05) is 15.1 Å². The van der Waals surface area contributed by atoms with Gasteiger partial charge in [0.25, 0.3) is 5.91 Å². The molecule has 1 aromatic carbocycles. The molecular formula is C27H26N2O3S2. The van der Waals surface area contributed by atoms with E-state index in [-0.39, 0.29) is 5.91 Å². The van der Waals surface area contributed by atoms with Crippen LogP contribution in [0.3, 0.4) is 0 Å². The lowest BCUT2D eigenvalue weighted by Crippen LogP contribution is -2.17. The molecule has 1 aliphatic carbocycles. The van der Waals surface area contributed by atoms with Crippen LogP contribution in [-0.2, 0) is 17.6 Å². The molecule has 3 heterocycles. The molecule has 0 radical (unpaired) electrons. The minimum absolute atomic E-state index is 0.246. The fraction of sp³-hybridized carbons (Fsp3) is 0.296. The summed E-state index contributed by atoms with van der Waals surface area (Å²) in [6, 6.07) is 13.6. The number of esters is 1. The van der Waals surface area contributed by atoms with Crippen molar-refractivity contribution in [3.8, 4) is 10.6 Å². The molecule has 1 atom stereocenters. The van der Waals surface area contributed by atoms with E-state index in [4.69, 9.17) is 9.72 Å². The number of anilines is 1. The molecule has 0 bridgehead atoms. The number of thiophene rings is 2. The largest absolute Gasteiger partial charge is 0.465 e. The summed E-state index contributed by atoms with van der Waals surface area (Å²) in [4.78, 5) is 34.5. The molecule has 5 nitrogen and oxygen atoms in total. The molecule has 4 aromatic rings. The van der Waals surface area contributed by atoms with Crippen molar-refractivity contribution < 1.29 is 14.3 Å². The van der Waals surface area contributed by atoms with Gasteiger partial charge < -0.3 is 10.1 Å². The maximum absolute atomic E-state index is 13.6. The average Bonchev–Trinajstić information content (AvgIpc) is 3.45. The van der Waals surface area contributed by atoms with E-state index in [1.807, 2.05) is 36.4 Å². The molecule has 7 heteroatoms. The molecule has 174 valence electrons. The van der Waals surface area contributed by atoms with E-state index < -0.39 is 5.97 Å². The number of aryl methyl sites for hydroxylation is 1. The van der Waals surface area contributed by atoms with Crippen LogP contribution in [0.15, 0.2) is 42.5 Å². The van der Waals surface area contributed by atoms with Crippen molar-refractivity contribution in [1.29, 1.82) is 0 Å². The SMILES string of the molecule is CC[C@H]1CCc2c(sc(NC(=O)c3cc(-c4ccc(C)s4)nc4ccccc34)c2C(=O)OC)C1. The molecule has 1 amide bonds. The summed E-state index contributed by atoms with van der Waals surface area (Å²) in [5, 5.41) is 4.42. The summed E-state index contributed by atoms with van der Waals surface area (Å²) >= 11 is 3.16. The average molecular weight is 491 g/mol. The zero-order valence-corrected chi connectivity index (χ0v) is 21.1. The van der Waals surface area contributed by atoms with E-state index in [1.165, 1.54) is 28.2 Å². The van der Waals surface area contributed by atoms with Crippen LogP contribution in [0.2, 0.25) is 0 Å². The molecule has 5 rings (SSSR count). The van der Waals surface area contributed by atoms with Crippen LogP contribution in [0.25, 0.3) is 21.5 Å². The van der Waals surface area contributed by atoms with Gasteiger partial charge >= 0.3 is 5.97 Å². The first-order chi connectivity index (χ1) is 16.5. The number of para-hydroxylation sites is 1. The fourth-order valence-corrected chi connectivity index (χ4v) is 6.81. The first-order valence-electron chi connectivity index (χ1n) is 11.5. The van der Waals surface area contributed by atoms with Gasteiger partial charge in [-0.25, -0.2) is 9.78 Å². The zero-order valence-electron chi connectivity index (χ0n) is 19.4. The van der Waals surface area contributed by atoms with E-state index in [0.717, 1.165) is 52.7 Å². The van der Waals surface area contributed by atoms with Gasteiger partial charge in [-0.2, -0.15) is 0 Å². The quantitative estimate of drug-likeness (QED) is 0.309. The Morgan fingerprint density at radius 2 is 2.00 bits per heavy atom. The van der Waals surface area contributed by atoms with Crippen molar-refractivity contribution in [2.75, 3.05) is 12.4 Å². The van der Waals surface area contributed by atoms with Crippen molar-refractivity contribution in [1.82, 2.24) is 4.98 Å². The van der Waals surface area contributed by atoms with E-state index in [9.17, 15) is 9.59 Å². The second kappa shape index (κ2) is 9.31. The molecule has 0 aliphatic heterocycles. The number of rotatable bonds is 5. The Morgan fingerprint density at radius 3 is 2.74 bits per heavy atom. The third kappa shape index (κ3) is 4.14. The molecular weight excluding hydrogens is 464 g/mol. The van der Waals surface area contributed by atoms with Crippen molar-refractivity contribution in [2.24, 2.45) is 5.92 Å². The highest BCUT2D eigenvalue weighted by atomic mass is 32.1. The highest BCUT2D eigenvalue weighted by Crippen LogP contribution is 2.41. The van der Waals surface area contributed by atoms with Crippen LogP contribution >= 0.6 is 22.7 Å². The third-order valence-corrected chi connectivity index (χ3v) is 8.71. The highest BCUT2D eigenvalue weighted by Gasteiger charge is 2.30. The molecule has 0 unspecified atom stereocenters. The second-order valence-corrected chi connectivity index (χ2v) is 11.0. The molecule has 0 saturated carbocycles. The fourth-order valence-electron chi connectivity index (χ4n) is 4.64. The first-order valence-corrected chi connectivity index (χ1v) is 13.1. The topological polar surface area (TPSA) is 68.3 Å². The Labute approximate surface area is 206 Å². The van der Waals surface area contributed by atoms with Crippen molar-refractivity contribution in [2.45, 2.75) is 39.5 Å². The number of benzene rings is 1. The highest BCUT2D eigenvalue weighted by molar-refractivity contribution is 7.17. The number of carbonyl (C=O) groups is 2. The van der Waals surface area contributed by atoms with Crippen molar-refractivity contribution >= 4 is 50.5 Å². The number of carbonyl (C=O) groups excluding carboxylic acids is 2. The Kier molecular flexibility index (Phi) is 6.23. The molecule has 0 saturated heterocycles. The van der Waals surface area contributed by atoms with Gasteiger partial charge in [0.2, 0.25) is 0 Å². The lowest BCUT2D eigenvalue weighted by Gasteiger charge is -2.20. The number of hydrogen-bond acceptors (Lipinski definition) is 6. The number of nitrogens with one attached hydrogen (secondary N) is 1. The number of pyridine rings is 1. The lowest BCUT2D eigenvalue weighted by atomic mass is 9.85. The number of amides is 1. The molecule has 0 fully saturated rings. The Bertz CT molecular complexity index is 1400. The van der Waals surface area contributed by atoms with Gasteiger partial charge in [-0.15, -0.1) is 22.7 Å². The van der Waals surface area contributed by atoms with E-state index in [1.54, 1.807) is 11.3 Å². The predicted octanol–water partition coefficient (Wildman–Crippen LogP) is 6.89. The third-order valence-electron chi connectivity index (χ3n) is 6.51. The summed E-state index contributed by atoms with van der Waals surface area (Å²) in [6.45, 7) is 4.26. The van der Waals surface area contributed by atoms with Crippen LogP contribution in [0.4, 0.5) is 5.00 Å². The maximum Gasteiger partial charge on any atom is 0.341 e. The standard InChI is InChI=1S/C27H26N2O3S2/c1-4-16-10-11-18-23(13-16)34-26(24(18)27(31)32-3)29-25(30)19-14-21(22-12-9-15(2)33-22)28-20-8-6-5-7-17(19)20/h5-9,12,14,16H,4,10-11,13H2,1-3H3,(H,29,30)/t16-/m0/s1. The minimum Gasteiger partial charge on any atom is -0.465 e. The van der Waals surface area contributed by atoms with E-state index >= 15 is 0 Å². The summed E-state index contributed by atoms with van der Waals surface area (Å²) < 4.78 is 5.10. The van der Waals surface area contributed by atoms with Crippen LogP contribution in [0.1, 0.15) is 55.8 Å². The second-order valence-electron chi connectivity index (χ2n) is 8.65. The van der Waals surface area contributed by atoms with Crippen molar-refractivity contribution in [3.63, 3.8) is 0 Å². The molecule has 1 aliphatic rings. The van der Waals surface area contributed by atoms with Crippen LogP contribution < -0.4 is 5.32 Å². The monoisotopic (exact) mass is 490 g/mol. The molecule has 34 heavy (non-hydrogen) atoms. The van der Waals surface area contributed by atoms with Crippen LogP contribution in [-0.4, -0.2) is 24.0 Å². The van der Waals surface area contributed by atoms with Gasteiger partial charge in [-0.3, -0.25) is 4.79 Å². The number of aromatic nitrogens is 1. The number of fused-ring (bicyclic) bond motifs is 2. The lowest BCUT2D eigenvalue weighted by molar-refractivity contribution is 0.0601. The molecule has 0 spiro atoms. The van der Waals surface area contributed by atoms with Crippen molar-refractivity contribution in [3.05, 3.63) is 68.9 Å². The number of methoxy groups -OCH3 is 1. The van der Waals surface area contributed by atoms with Crippen LogP contribution in [0.5, 0.6) is 0 Å². The maximum atomic E-state index is 13.6. The Morgan fingerprint density at radius 1 is 1.18 bits per heavy atom. The summed E-state index contributed by atoms with van der Waals surface area (Å²) in [7, 11) is 1.39. The summed E-state index contributed by atoms with van der Waals surface area (Å²) in [5.74, 6) is -0.0258. The summed E-state index contributed by atoms with van der Waals surface area (Å²) in [6.07, 6.45) is 3.94. The number of hydrogen-bond donors (Lipinski definition) is 1.